The maximum atomic E-state index is 12.2. The molecular weight excluding hydrogens is 348 g/mol. The summed E-state index contributed by atoms with van der Waals surface area (Å²) in [7, 11) is 0. The van der Waals surface area contributed by atoms with Crippen LogP contribution in [0.4, 0.5) is 5.13 Å². The molecule has 0 radical (unpaired) electrons. The standard InChI is InChI=1S/C16H13BrN2OS/c1-9-6-13-14(7-10(9)2)21-16(18-13)19-15(20)11-4-3-5-12(17)8-11/h3-8H,1-2H3,(H,18,19,20). The first-order chi connectivity index (χ1) is 10.0. The van der Waals surface area contributed by atoms with Crippen molar-refractivity contribution in [2.45, 2.75) is 13.8 Å². The number of benzene rings is 2. The molecule has 0 aliphatic heterocycles. The average Bonchev–Trinajstić information content (AvgIpc) is 2.80. The van der Waals surface area contributed by atoms with Gasteiger partial charge in [0.1, 0.15) is 0 Å². The van der Waals surface area contributed by atoms with Gasteiger partial charge in [0.05, 0.1) is 10.2 Å². The van der Waals surface area contributed by atoms with Crippen LogP contribution in [0.25, 0.3) is 10.2 Å². The van der Waals surface area contributed by atoms with E-state index in [0.29, 0.717) is 10.7 Å². The first-order valence-corrected chi connectivity index (χ1v) is 8.08. The van der Waals surface area contributed by atoms with Crippen molar-refractivity contribution in [3.8, 4) is 0 Å². The van der Waals surface area contributed by atoms with Crippen molar-refractivity contribution in [3.63, 3.8) is 0 Å². The van der Waals surface area contributed by atoms with E-state index in [-0.39, 0.29) is 5.91 Å². The lowest BCUT2D eigenvalue weighted by Gasteiger charge is -2.01. The minimum absolute atomic E-state index is 0.149. The molecule has 0 spiro atoms. The van der Waals surface area contributed by atoms with Gasteiger partial charge in [-0.05, 0) is 55.3 Å². The fraction of sp³-hybridized carbons (Fsp3) is 0.125. The summed E-state index contributed by atoms with van der Waals surface area (Å²) in [6.45, 7) is 4.14. The molecule has 3 aromatic rings. The van der Waals surface area contributed by atoms with E-state index in [4.69, 9.17) is 0 Å². The van der Waals surface area contributed by atoms with E-state index in [1.807, 2.05) is 12.1 Å². The Bertz CT molecular complexity index is 802. The third-order valence-electron chi connectivity index (χ3n) is 3.31. The number of aromatic nitrogens is 1. The molecule has 106 valence electrons. The van der Waals surface area contributed by atoms with E-state index in [0.717, 1.165) is 14.7 Å². The lowest BCUT2D eigenvalue weighted by molar-refractivity contribution is 0.102. The van der Waals surface area contributed by atoms with Crippen molar-refractivity contribution < 1.29 is 4.79 Å². The Morgan fingerprint density at radius 1 is 1.19 bits per heavy atom. The van der Waals surface area contributed by atoms with Crippen LogP contribution in [0.2, 0.25) is 0 Å². The van der Waals surface area contributed by atoms with Crippen molar-refractivity contribution in [2.24, 2.45) is 0 Å². The molecule has 5 heteroatoms. The summed E-state index contributed by atoms with van der Waals surface area (Å²) in [6.07, 6.45) is 0. The summed E-state index contributed by atoms with van der Waals surface area (Å²) in [5.41, 5.74) is 3.97. The van der Waals surface area contributed by atoms with E-state index in [2.05, 4.69) is 52.2 Å². The molecule has 1 aromatic heterocycles. The fourth-order valence-corrected chi connectivity index (χ4v) is 3.37. The Morgan fingerprint density at radius 3 is 2.71 bits per heavy atom. The van der Waals surface area contributed by atoms with Crippen molar-refractivity contribution in [1.29, 1.82) is 0 Å². The molecule has 0 fully saturated rings. The van der Waals surface area contributed by atoms with E-state index in [1.54, 1.807) is 12.1 Å². The molecule has 0 aliphatic rings. The third kappa shape index (κ3) is 2.99. The molecule has 1 N–H and O–H groups in total. The predicted molar refractivity (Wildman–Crippen MR) is 91.2 cm³/mol. The van der Waals surface area contributed by atoms with E-state index in [9.17, 15) is 4.79 Å². The van der Waals surface area contributed by atoms with Gasteiger partial charge in [-0.1, -0.05) is 33.3 Å². The zero-order valence-corrected chi connectivity index (χ0v) is 14.0. The topological polar surface area (TPSA) is 42.0 Å². The van der Waals surface area contributed by atoms with Gasteiger partial charge in [-0.15, -0.1) is 0 Å². The molecule has 0 bridgehead atoms. The predicted octanol–water partition coefficient (Wildman–Crippen LogP) is 4.93. The number of nitrogens with one attached hydrogen (secondary N) is 1. The van der Waals surface area contributed by atoms with Crippen molar-refractivity contribution in [2.75, 3.05) is 5.32 Å². The summed E-state index contributed by atoms with van der Waals surface area (Å²) >= 11 is 4.86. The Hall–Kier alpha value is -1.72. The quantitative estimate of drug-likeness (QED) is 0.703. The molecule has 0 atom stereocenters. The maximum absolute atomic E-state index is 12.2. The highest BCUT2D eigenvalue weighted by molar-refractivity contribution is 9.10. The first-order valence-electron chi connectivity index (χ1n) is 6.47. The minimum Gasteiger partial charge on any atom is -0.298 e. The Kier molecular flexibility index (Phi) is 3.78. The monoisotopic (exact) mass is 360 g/mol. The molecule has 3 nitrogen and oxygen atoms in total. The second-order valence-corrected chi connectivity index (χ2v) is 6.83. The minimum atomic E-state index is -0.149. The van der Waals surface area contributed by atoms with Crippen LogP contribution in [-0.2, 0) is 0 Å². The Labute approximate surface area is 135 Å². The van der Waals surface area contributed by atoms with Crippen LogP contribution in [0.5, 0.6) is 0 Å². The molecule has 3 rings (SSSR count). The SMILES string of the molecule is Cc1cc2nc(NC(=O)c3cccc(Br)c3)sc2cc1C. The van der Waals surface area contributed by atoms with Crippen LogP contribution in [0.15, 0.2) is 40.9 Å². The van der Waals surface area contributed by atoms with Crippen molar-refractivity contribution in [3.05, 3.63) is 57.6 Å². The third-order valence-corrected chi connectivity index (χ3v) is 4.74. The zero-order valence-electron chi connectivity index (χ0n) is 11.6. The van der Waals surface area contributed by atoms with Crippen LogP contribution >= 0.6 is 27.3 Å². The smallest absolute Gasteiger partial charge is 0.257 e. The van der Waals surface area contributed by atoms with Crippen LogP contribution < -0.4 is 5.32 Å². The summed E-state index contributed by atoms with van der Waals surface area (Å²) < 4.78 is 1.97. The molecular formula is C16H13BrN2OS. The second kappa shape index (κ2) is 5.58. The molecule has 0 saturated carbocycles. The van der Waals surface area contributed by atoms with Crippen LogP contribution in [-0.4, -0.2) is 10.9 Å². The van der Waals surface area contributed by atoms with Crippen molar-refractivity contribution >= 4 is 48.5 Å². The first kappa shape index (κ1) is 14.2. The fourth-order valence-electron chi connectivity index (χ4n) is 2.03. The van der Waals surface area contributed by atoms with Crippen LogP contribution in [0, 0.1) is 13.8 Å². The lowest BCUT2D eigenvalue weighted by atomic mass is 10.1. The zero-order chi connectivity index (χ0) is 15.0. The summed E-state index contributed by atoms with van der Waals surface area (Å²) in [4.78, 5) is 16.7. The number of halogens is 1. The van der Waals surface area contributed by atoms with Crippen molar-refractivity contribution in [1.82, 2.24) is 4.98 Å². The van der Waals surface area contributed by atoms with Crippen LogP contribution in [0.1, 0.15) is 21.5 Å². The maximum Gasteiger partial charge on any atom is 0.257 e. The molecule has 1 amide bonds. The Morgan fingerprint density at radius 2 is 1.95 bits per heavy atom. The number of fused-ring (bicyclic) bond motifs is 1. The van der Waals surface area contributed by atoms with E-state index in [1.165, 1.54) is 22.5 Å². The van der Waals surface area contributed by atoms with Gasteiger partial charge < -0.3 is 0 Å². The van der Waals surface area contributed by atoms with Gasteiger partial charge in [0.2, 0.25) is 0 Å². The number of nitrogens with zero attached hydrogens (tertiary/aromatic N) is 1. The van der Waals surface area contributed by atoms with Gasteiger partial charge in [-0.3, -0.25) is 10.1 Å². The van der Waals surface area contributed by atoms with Gasteiger partial charge in [0, 0.05) is 10.0 Å². The lowest BCUT2D eigenvalue weighted by Crippen LogP contribution is -2.11. The Balaban J connectivity index is 1.89. The van der Waals surface area contributed by atoms with Crippen LogP contribution in [0.3, 0.4) is 0 Å². The summed E-state index contributed by atoms with van der Waals surface area (Å²) in [5, 5.41) is 3.49. The molecule has 1 heterocycles. The number of carbonyl (C=O) groups is 1. The number of hydrogen-bond acceptors (Lipinski definition) is 3. The van der Waals surface area contributed by atoms with E-state index >= 15 is 0 Å². The van der Waals surface area contributed by atoms with Gasteiger partial charge in [-0.2, -0.15) is 0 Å². The number of amides is 1. The number of hydrogen-bond donors (Lipinski definition) is 1. The molecule has 0 aliphatic carbocycles. The number of carbonyl (C=O) groups excluding carboxylic acids is 1. The molecule has 2 aromatic carbocycles. The number of aryl methyl sites for hydroxylation is 2. The van der Waals surface area contributed by atoms with Gasteiger partial charge in [0.15, 0.2) is 5.13 Å². The molecule has 0 saturated heterocycles. The summed E-state index contributed by atoms with van der Waals surface area (Å²) in [6, 6.07) is 11.5. The van der Waals surface area contributed by atoms with E-state index < -0.39 is 0 Å². The van der Waals surface area contributed by atoms with Gasteiger partial charge in [0.25, 0.3) is 5.91 Å². The average molecular weight is 361 g/mol. The van der Waals surface area contributed by atoms with Gasteiger partial charge in [-0.25, -0.2) is 4.98 Å². The normalized spacial score (nSPS) is 10.8. The largest absolute Gasteiger partial charge is 0.298 e. The molecule has 0 unspecified atom stereocenters. The highest BCUT2D eigenvalue weighted by atomic mass is 79.9. The molecule has 21 heavy (non-hydrogen) atoms. The number of thiazole rings is 1. The number of rotatable bonds is 2. The number of anilines is 1. The summed E-state index contributed by atoms with van der Waals surface area (Å²) in [5.74, 6) is -0.149. The highest BCUT2D eigenvalue weighted by Crippen LogP contribution is 2.28. The van der Waals surface area contributed by atoms with Gasteiger partial charge >= 0.3 is 0 Å². The second-order valence-electron chi connectivity index (χ2n) is 4.89. The highest BCUT2D eigenvalue weighted by Gasteiger charge is 2.11.